The maximum Gasteiger partial charge on any atom is 0.360 e. The third-order valence-electron chi connectivity index (χ3n) is 6.58. The standard InChI is InChI=1S/C19H28FNO10/c20-18(5-6-28-15-14(25)13(24)12(23)11(8-22)29-15)16(26)30-19(31-17(18)27)7-9-3-1-2-4-10(9)21-19/h9-15,21-25H,1-8H2/t9-,10+,11+,12-,13-,14+,15?,18?,19?/m0/s1. The van der Waals surface area contributed by atoms with Gasteiger partial charge >= 0.3 is 23.5 Å². The normalized spacial score (nSPS) is 47.7. The van der Waals surface area contributed by atoms with Crippen molar-refractivity contribution >= 4 is 11.9 Å². The smallest absolute Gasteiger partial charge is 0.360 e. The number of aliphatic hydroxyl groups is 4. The SMILES string of the molecule is O=C1OC2(C[C@@H]3CCCC[C@H]3N2)OC(=O)C1(F)CCOC1O[C@H](CO)[C@H](O)[C@H](O)[C@H]1O. The number of hydrogen-bond donors (Lipinski definition) is 5. The van der Waals surface area contributed by atoms with Gasteiger partial charge in [0.2, 0.25) is 0 Å². The Morgan fingerprint density at radius 1 is 1.06 bits per heavy atom. The summed E-state index contributed by atoms with van der Waals surface area (Å²) >= 11 is 0. The number of carbonyl (C=O) groups excluding carboxylic acids is 2. The molecule has 11 nitrogen and oxygen atoms in total. The zero-order chi connectivity index (χ0) is 22.4. The largest absolute Gasteiger partial charge is 0.406 e. The van der Waals surface area contributed by atoms with Crippen LogP contribution >= 0.6 is 0 Å². The Morgan fingerprint density at radius 3 is 2.39 bits per heavy atom. The Morgan fingerprint density at radius 2 is 1.74 bits per heavy atom. The number of esters is 2. The second-order valence-electron chi connectivity index (χ2n) is 8.65. The molecule has 12 heteroatoms. The Balaban J connectivity index is 1.35. The quantitative estimate of drug-likeness (QED) is 0.238. The predicted octanol–water partition coefficient (Wildman–Crippen LogP) is -1.79. The van der Waals surface area contributed by atoms with E-state index in [1.165, 1.54) is 0 Å². The zero-order valence-electron chi connectivity index (χ0n) is 16.8. The molecule has 31 heavy (non-hydrogen) atoms. The van der Waals surface area contributed by atoms with Gasteiger partial charge in [-0.1, -0.05) is 12.8 Å². The van der Waals surface area contributed by atoms with Crippen LogP contribution in [0, 0.1) is 5.92 Å². The highest BCUT2D eigenvalue weighted by Gasteiger charge is 2.63. The molecule has 0 aromatic rings. The molecular formula is C19H28FNO10. The number of fused-ring (bicyclic) bond motifs is 1. The third kappa shape index (κ3) is 4.06. The van der Waals surface area contributed by atoms with Gasteiger partial charge in [-0.05, 0) is 18.8 Å². The van der Waals surface area contributed by atoms with E-state index in [1.807, 2.05) is 0 Å². The summed E-state index contributed by atoms with van der Waals surface area (Å²) in [5, 5.41) is 41.7. The lowest BCUT2D eigenvalue weighted by Gasteiger charge is -2.40. The molecule has 1 saturated carbocycles. The van der Waals surface area contributed by atoms with Crippen molar-refractivity contribution in [3.63, 3.8) is 0 Å². The maximum atomic E-state index is 15.2. The minimum atomic E-state index is -3.10. The Kier molecular flexibility index (Phi) is 6.25. The molecular weight excluding hydrogens is 421 g/mol. The third-order valence-corrected chi connectivity index (χ3v) is 6.58. The first-order chi connectivity index (χ1) is 14.7. The fraction of sp³-hybridized carbons (Fsp3) is 0.895. The van der Waals surface area contributed by atoms with Crippen molar-refractivity contribution in [2.45, 2.75) is 86.9 Å². The minimum Gasteiger partial charge on any atom is -0.406 e. The van der Waals surface area contributed by atoms with Crippen LogP contribution < -0.4 is 5.32 Å². The lowest BCUT2D eigenvalue weighted by atomic mass is 9.85. The van der Waals surface area contributed by atoms with Gasteiger partial charge in [-0.3, -0.25) is 0 Å². The number of aliphatic hydroxyl groups excluding tert-OH is 4. The predicted molar refractivity (Wildman–Crippen MR) is 96.6 cm³/mol. The number of alkyl halides is 1. The second kappa shape index (κ2) is 8.50. The summed E-state index contributed by atoms with van der Waals surface area (Å²) in [5.74, 6) is -4.24. The summed E-state index contributed by atoms with van der Waals surface area (Å²) in [6.07, 6.45) is -4.35. The van der Waals surface area contributed by atoms with E-state index >= 15 is 4.39 Å². The van der Waals surface area contributed by atoms with Gasteiger partial charge in [-0.25, -0.2) is 19.3 Å². The van der Waals surface area contributed by atoms with Crippen molar-refractivity contribution in [1.29, 1.82) is 0 Å². The molecule has 4 fully saturated rings. The number of nitrogens with one attached hydrogen (secondary N) is 1. The number of ether oxygens (including phenoxy) is 4. The van der Waals surface area contributed by atoms with Crippen LogP contribution in [0.3, 0.4) is 0 Å². The van der Waals surface area contributed by atoms with Crippen LogP contribution in [-0.2, 0) is 28.5 Å². The molecule has 1 unspecified atom stereocenters. The molecule has 4 rings (SSSR count). The molecule has 3 saturated heterocycles. The minimum absolute atomic E-state index is 0.0379. The molecule has 4 aliphatic rings. The summed E-state index contributed by atoms with van der Waals surface area (Å²) in [5.41, 5.74) is -3.10. The summed E-state index contributed by atoms with van der Waals surface area (Å²) in [7, 11) is 0. The van der Waals surface area contributed by atoms with Crippen LogP contribution in [0.1, 0.15) is 38.5 Å². The fourth-order valence-electron chi connectivity index (χ4n) is 4.76. The van der Waals surface area contributed by atoms with Crippen molar-refractivity contribution in [3.05, 3.63) is 0 Å². The van der Waals surface area contributed by atoms with Crippen molar-refractivity contribution in [2.75, 3.05) is 13.2 Å². The van der Waals surface area contributed by atoms with E-state index in [-0.39, 0.29) is 18.4 Å². The first-order valence-corrected chi connectivity index (χ1v) is 10.5. The van der Waals surface area contributed by atoms with E-state index in [9.17, 15) is 30.0 Å². The average Bonchev–Trinajstić information content (AvgIpc) is 3.09. The molecule has 0 aromatic heterocycles. The van der Waals surface area contributed by atoms with Gasteiger partial charge in [0, 0.05) is 18.9 Å². The second-order valence-corrected chi connectivity index (χ2v) is 8.65. The molecule has 0 amide bonds. The number of halogens is 1. The number of carbonyl (C=O) groups is 2. The fourth-order valence-corrected chi connectivity index (χ4v) is 4.76. The van der Waals surface area contributed by atoms with Gasteiger partial charge in [0.15, 0.2) is 6.29 Å². The van der Waals surface area contributed by atoms with Crippen LogP contribution in [0.5, 0.6) is 0 Å². The van der Waals surface area contributed by atoms with E-state index in [0.717, 1.165) is 25.7 Å². The summed E-state index contributed by atoms with van der Waals surface area (Å²) in [6.45, 7) is -1.23. The van der Waals surface area contributed by atoms with E-state index < -0.39 is 73.9 Å². The van der Waals surface area contributed by atoms with Gasteiger partial charge in [0.25, 0.3) is 0 Å². The lowest BCUT2D eigenvalue weighted by molar-refractivity contribution is -0.303. The molecule has 0 aromatic carbocycles. The maximum absolute atomic E-state index is 15.2. The molecule has 0 radical (unpaired) electrons. The van der Waals surface area contributed by atoms with Crippen LogP contribution in [0.15, 0.2) is 0 Å². The number of hydrogen-bond acceptors (Lipinski definition) is 11. The van der Waals surface area contributed by atoms with E-state index in [4.69, 9.17) is 18.9 Å². The molecule has 3 heterocycles. The van der Waals surface area contributed by atoms with Crippen LogP contribution in [0.25, 0.3) is 0 Å². The Bertz CT molecular complexity index is 671. The van der Waals surface area contributed by atoms with Crippen LogP contribution in [0.2, 0.25) is 0 Å². The molecule has 7 atom stereocenters. The highest BCUT2D eigenvalue weighted by molar-refractivity contribution is 6.05. The first kappa shape index (κ1) is 22.8. The molecule has 3 aliphatic heterocycles. The monoisotopic (exact) mass is 449 g/mol. The van der Waals surface area contributed by atoms with Crippen molar-refractivity contribution < 1.29 is 53.4 Å². The van der Waals surface area contributed by atoms with Gasteiger partial charge in [-0.15, -0.1) is 0 Å². The zero-order valence-corrected chi connectivity index (χ0v) is 16.8. The van der Waals surface area contributed by atoms with Gasteiger partial charge in [0.1, 0.15) is 24.4 Å². The van der Waals surface area contributed by atoms with Gasteiger partial charge in [-0.2, -0.15) is 0 Å². The van der Waals surface area contributed by atoms with Gasteiger partial charge < -0.3 is 39.4 Å². The molecule has 1 spiro atoms. The van der Waals surface area contributed by atoms with E-state index in [2.05, 4.69) is 5.32 Å². The summed E-state index contributed by atoms with van der Waals surface area (Å²) < 4.78 is 36.0. The molecule has 1 aliphatic carbocycles. The highest BCUT2D eigenvalue weighted by atomic mass is 19.1. The van der Waals surface area contributed by atoms with Crippen molar-refractivity contribution in [1.82, 2.24) is 5.32 Å². The number of rotatable bonds is 5. The van der Waals surface area contributed by atoms with E-state index in [0.29, 0.717) is 0 Å². The molecule has 5 N–H and O–H groups in total. The van der Waals surface area contributed by atoms with E-state index in [1.54, 1.807) is 0 Å². The summed E-state index contributed by atoms with van der Waals surface area (Å²) in [4.78, 5) is 24.9. The summed E-state index contributed by atoms with van der Waals surface area (Å²) in [6, 6.07) is 0.0379. The van der Waals surface area contributed by atoms with Crippen LogP contribution in [0.4, 0.5) is 4.39 Å². The van der Waals surface area contributed by atoms with Crippen molar-refractivity contribution in [3.8, 4) is 0 Å². The van der Waals surface area contributed by atoms with Crippen molar-refractivity contribution in [2.24, 2.45) is 5.92 Å². The Hall–Kier alpha value is -1.41. The topological polar surface area (TPSA) is 164 Å². The Labute approximate surface area is 177 Å². The van der Waals surface area contributed by atoms with Gasteiger partial charge in [0.05, 0.1) is 13.2 Å². The highest BCUT2D eigenvalue weighted by Crippen LogP contribution is 2.43. The molecule has 176 valence electrons. The molecule has 0 bridgehead atoms. The lowest BCUT2D eigenvalue weighted by Crippen LogP contribution is -2.63. The first-order valence-electron chi connectivity index (χ1n) is 10.5. The average molecular weight is 449 g/mol. The van der Waals surface area contributed by atoms with Crippen LogP contribution in [-0.4, -0.2) is 93.9 Å².